The Balaban J connectivity index is 1.89. The van der Waals surface area contributed by atoms with E-state index in [1.165, 1.54) is 19.3 Å². The van der Waals surface area contributed by atoms with Crippen molar-refractivity contribution in [1.29, 1.82) is 0 Å². The molecule has 2 rings (SSSR count). The van der Waals surface area contributed by atoms with Crippen molar-refractivity contribution in [3.05, 3.63) is 0 Å². The fraction of sp³-hybridized carbons (Fsp3) is 0.923. The number of nitrogens with zero attached hydrogens (tertiary/aromatic N) is 2. The van der Waals surface area contributed by atoms with E-state index in [2.05, 4.69) is 5.32 Å². The lowest BCUT2D eigenvalue weighted by molar-refractivity contribution is 0.128. The summed E-state index contributed by atoms with van der Waals surface area (Å²) in [7, 11) is 1.89. The van der Waals surface area contributed by atoms with Gasteiger partial charge in [0.25, 0.3) is 0 Å². The molecule has 2 heterocycles. The zero-order valence-electron chi connectivity index (χ0n) is 11.1. The zero-order valence-corrected chi connectivity index (χ0v) is 11.1. The van der Waals surface area contributed by atoms with Crippen molar-refractivity contribution in [2.75, 3.05) is 33.2 Å². The third kappa shape index (κ3) is 2.92. The fourth-order valence-corrected chi connectivity index (χ4v) is 3.00. The Bertz CT molecular complexity index is 263. The van der Waals surface area contributed by atoms with Gasteiger partial charge < -0.3 is 15.1 Å². The van der Waals surface area contributed by atoms with E-state index in [4.69, 9.17) is 0 Å². The Morgan fingerprint density at radius 3 is 2.88 bits per heavy atom. The van der Waals surface area contributed by atoms with E-state index >= 15 is 0 Å². The number of carbonyl (C=O) groups is 1. The number of carbonyl (C=O) groups excluding carboxylic acids is 1. The second-order valence-corrected chi connectivity index (χ2v) is 5.35. The van der Waals surface area contributed by atoms with Crippen LogP contribution in [0.15, 0.2) is 0 Å². The molecule has 2 saturated heterocycles. The van der Waals surface area contributed by atoms with Crippen LogP contribution in [-0.4, -0.2) is 55.1 Å². The van der Waals surface area contributed by atoms with E-state index < -0.39 is 0 Å². The molecule has 1 N–H and O–H groups in total. The van der Waals surface area contributed by atoms with Crippen molar-refractivity contribution in [1.82, 2.24) is 15.1 Å². The first-order valence-electron chi connectivity index (χ1n) is 6.95. The van der Waals surface area contributed by atoms with Crippen LogP contribution in [0.25, 0.3) is 0 Å². The molecule has 0 aliphatic carbocycles. The minimum Gasteiger partial charge on any atom is -0.328 e. The van der Waals surface area contributed by atoms with E-state index in [1.54, 1.807) is 0 Å². The molecular weight excluding hydrogens is 214 g/mol. The lowest BCUT2D eigenvalue weighted by Crippen LogP contribution is -2.49. The molecule has 2 fully saturated rings. The zero-order chi connectivity index (χ0) is 12.3. The molecule has 2 atom stereocenters. The van der Waals surface area contributed by atoms with Gasteiger partial charge in [-0.25, -0.2) is 4.79 Å². The van der Waals surface area contributed by atoms with Gasteiger partial charge in [-0.2, -0.15) is 0 Å². The van der Waals surface area contributed by atoms with Crippen molar-refractivity contribution in [2.24, 2.45) is 5.92 Å². The summed E-state index contributed by atoms with van der Waals surface area (Å²) in [4.78, 5) is 16.0. The van der Waals surface area contributed by atoms with Crippen LogP contribution < -0.4 is 5.32 Å². The summed E-state index contributed by atoms with van der Waals surface area (Å²) in [5, 5.41) is 3.58. The van der Waals surface area contributed by atoms with E-state index in [0.29, 0.717) is 12.0 Å². The Labute approximate surface area is 104 Å². The number of amides is 2. The van der Waals surface area contributed by atoms with Gasteiger partial charge in [0.05, 0.1) is 0 Å². The van der Waals surface area contributed by atoms with Crippen LogP contribution in [0.4, 0.5) is 4.79 Å². The summed E-state index contributed by atoms with van der Waals surface area (Å²) in [5.41, 5.74) is 0. The summed E-state index contributed by atoms with van der Waals surface area (Å²) < 4.78 is 0. The van der Waals surface area contributed by atoms with Crippen LogP contribution in [-0.2, 0) is 0 Å². The summed E-state index contributed by atoms with van der Waals surface area (Å²) in [5.74, 6) is 0.667. The van der Waals surface area contributed by atoms with Gasteiger partial charge in [0, 0.05) is 32.7 Å². The average molecular weight is 239 g/mol. The number of rotatable bonds is 2. The second kappa shape index (κ2) is 5.71. The highest BCUT2D eigenvalue weighted by atomic mass is 16.2. The molecule has 0 aromatic heterocycles. The molecular formula is C13H25N3O. The van der Waals surface area contributed by atoms with Crippen molar-refractivity contribution in [3.8, 4) is 0 Å². The molecule has 17 heavy (non-hydrogen) atoms. The maximum absolute atomic E-state index is 12.1. The lowest BCUT2D eigenvalue weighted by atomic mass is 9.90. The first-order valence-corrected chi connectivity index (χ1v) is 6.95. The van der Waals surface area contributed by atoms with Crippen molar-refractivity contribution >= 4 is 6.03 Å². The number of piperidine rings is 1. The summed E-state index contributed by atoms with van der Waals surface area (Å²) >= 11 is 0. The first-order chi connectivity index (χ1) is 8.22. The monoisotopic (exact) mass is 239 g/mol. The number of nitrogens with one attached hydrogen (secondary N) is 1. The van der Waals surface area contributed by atoms with Crippen molar-refractivity contribution in [2.45, 2.75) is 38.6 Å². The van der Waals surface area contributed by atoms with Gasteiger partial charge in [0.2, 0.25) is 0 Å². The van der Waals surface area contributed by atoms with Gasteiger partial charge in [-0.1, -0.05) is 0 Å². The third-order valence-electron chi connectivity index (χ3n) is 4.20. The number of urea groups is 1. The SMILES string of the molecule is CCN(C)C(=O)N1CCCC(C2CCCN2)C1. The van der Waals surface area contributed by atoms with Gasteiger partial charge in [0.15, 0.2) is 0 Å². The van der Waals surface area contributed by atoms with Gasteiger partial charge >= 0.3 is 6.03 Å². The Morgan fingerprint density at radius 1 is 1.41 bits per heavy atom. The van der Waals surface area contributed by atoms with Crippen LogP contribution >= 0.6 is 0 Å². The summed E-state index contributed by atoms with van der Waals surface area (Å²) in [6.07, 6.45) is 5.02. The quantitative estimate of drug-likeness (QED) is 0.793. The van der Waals surface area contributed by atoms with Crippen LogP contribution in [0.5, 0.6) is 0 Å². The molecule has 2 amide bonds. The van der Waals surface area contributed by atoms with Gasteiger partial charge in [-0.3, -0.25) is 0 Å². The van der Waals surface area contributed by atoms with Gasteiger partial charge in [-0.05, 0) is 45.1 Å². The van der Waals surface area contributed by atoms with Crippen LogP contribution in [0, 0.1) is 5.92 Å². The summed E-state index contributed by atoms with van der Waals surface area (Å²) in [6.45, 7) is 5.86. The highest BCUT2D eigenvalue weighted by Crippen LogP contribution is 2.25. The molecule has 0 radical (unpaired) electrons. The maximum atomic E-state index is 12.1. The topological polar surface area (TPSA) is 35.6 Å². The molecule has 0 saturated carbocycles. The second-order valence-electron chi connectivity index (χ2n) is 5.35. The van der Waals surface area contributed by atoms with E-state index in [0.717, 1.165) is 32.6 Å². The van der Waals surface area contributed by atoms with E-state index in [-0.39, 0.29) is 6.03 Å². The highest BCUT2D eigenvalue weighted by molar-refractivity contribution is 5.74. The van der Waals surface area contributed by atoms with Crippen LogP contribution in [0.1, 0.15) is 32.6 Å². The molecule has 0 bridgehead atoms. The van der Waals surface area contributed by atoms with Gasteiger partial charge in [0.1, 0.15) is 0 Å². The minimum absolute atomic E-state index is 0.204. The minimum atomic E-state index is 0.204. The predicted molar refractivity (Wildman–Crippen MR) is 69.0 cm³/mol. The molecule has 0 aromatic rings. The van der Waals surface area contributed by atoms with Crippen LogP contribution in [0.3, 0.4) is 0 Å². The van der Waals surface area contributed by atoms with Crippen molar-refractivity contribution < 1.29 is 4.79 Å². The number of likely N-dealkylation sites (tertiary alicyclic amines) is 1. The summed E-state index contributed by atoms with van der Waals surface area (Å²) in [6, 6.07) is 0.854. The smallest absolute Gasteiger partial charge is 0.319 e. The fourth-order valence-electron chi connectivity index (χ4n) is 3.00. The number of hydrogen-bond acceptors (Lipinski definition) is 2. The number of hydrogen-bond donors (Lipinski definition) is 1. The van der Waals surface area contributed by atoms with Crippen LogP contribution in [0.2, 0.25) is 0 Å². The molecule has 4 nitrogen and oxygen atoms in total. The molecule has 2 aliphatic heterocycles. The van der Waals surface area contributed by atoms with Crippen molar-refractivity contribution in [3.63, 3.8) is 0 Å². The maximum Gasteiger partial charge on any atom is 0.319 e. The van der Waals surface area contributed by atoms with E-state index in [1.807, 2.05) is 23.8 Å². The Kier molecular flexibility index (Phi) is 4.26. The van der Waals surface area contributed by atoms with Gasteiger partial charge in [-0.15, -0.1) is 0 Å². The average Bonchev–Trinajstić information content (AvgIpc) is 2.91. The van der Waals surface area contributed by atoms with E-state index in [9.17, 15) is 4.79 Å². The third-order valence-corrected chi connectivity index (χ3v) is 4.20. The molecule has 2 unspecified atom stereocenters. The molecule has 98 valence electrons. The largest absolute Gasteiger partial charge is 0.328 e. The lowest BCUT2D eigenvalue weighted by Gasteiger charge is -2.37. The standard InChI is InChI=1S/C13H25N3O/c1-3-15(2)13(17)16-9-5-6-11(10-16)12-7-4-8-14-12/h11-12,14H,3-10H2,1-2H3. The molecule has 0 spiro atoms. The molecule has 2 aliphatic rings. The highest BCUT2D eigenvalue weighted by Gasteiger charge is 2.31. The molecule has 0 aromatic carbocycles. The Morgan fingerprint density at radius 2 is 2.24 bits per heavy atom. The molecule has 4 heteroatoms. The normalized spacial score (nSPS) is 29.4. The Hall–Kier alpha value is -0.770. The predicted octanol–water partition coefficient (Wildman–Crippen LogP) is 1.52. The first kappa shape index (κ1) is 12.7.